The largest absolute Gasteiger partial charge is 0.495 e. The number of amides is 2. The van der Waals surface area contributed by atoms with Gasteiger partial charge in [-0.2, -0.15) is 0 Å². The van der Waals surface area contributed by atoms with Crippen LogP contribution < -0.4 is 15.8 Å². The lowest BCUT2D eigenvalue weighted by Gasteiger charge is -2.16. The molecule has 27 heavy (non-hydrogen) atoms. The monoisotopic (exact) mass is 388 g/mol. The molecule has 1 saturated heterocycles. The van der Waals surface area contributed by atoms with Gasteiger partial charge < -0.3 is 15.8 Å². The summed E-state index contributed by atoms with van der Waals surface area (Å²) in [6.07, 6.45) is 5.10. The van der Waals surface area contributed by atoms with Crippen molar-refractivity contribution >= 4 is 35.1 Å². The van der Waals surface area contributed by atoms with Gasteiger partial charge >= 0.3 is 0 Å². The number of anilines is 1. The van der Waals surface area contributed by atoms with Crippen LogP contribution in [0.1, 0.15) is 6.42 Å². The van der Waals surface area contributed by atoms with Gasteiger partial charge in [-0.15, -0.1) is 0 Å². The molecule has 2 amide bonds. The Balaban J connectivity index is 1.35. The normalized spacial score (nSPS) is 28.8. The van der Waals surface area contributed by atoms with Gasteiger partial charge in [0.25, 0.3) is 0 Å². The van der Waals surface area contributed by atoms with Crippen LogP contribution in [0.15, 0.2) is 35.3 Å². The van der Waals surface area contributed by atoms with Crippen LogP contribution >= 0.6 is 11.6 Å². The molecule has 142 valence electrons. The van der Waals surface area contributed by atoms with Crippen LogP contribution in [0, 0.1) is 23.7 Å². The first-order valence-corrected chi connectivity index (χ1v) is 9.31. The summed E-state index contributed by atoms with van der Waals surface area (Å²) in [7, 11) is 1.54. The molecule has 2 bridgehead atoms. The number of halogens is 1. The van der Waals surface area contributed by atoms with Crippen LogP contribution in [-0.2, 0) is 9.59 Å². The van der Waals surface area contributed by atoms with E-state index in [1.807, 2.05) is 0 Å². The lowest BCUT2D eigenvalue weighted by atomic mass is 9.85. The van der Waals surface area contributed by atoms with Gasteiger partial charge in [0, 0.05) is 12.2 Å². The third-order valence-electron chi connectivity index (χ3n) is 5.59. The number of guanidine groups is 1. The summed E-state index contributed by atoms with van der Waals surface area (Å²) in [6.45, 7) is 0.498. The molecule has 3 N–H and O–H groups in total. The summed E-state index contributed by atoms with van der Waals surface area (Å²) in [5.41, 5.74) is 6.57. The van der Waals surface area contributed by atoms with Crippen molar-refractivity contribution in [1.82, 2.24) is 4.90 Å². The van der Waals surface area contributed by atoms with Gasteiger partial charge in [0.1, 0.15) is 5.75 Å². The fraction of sp³-hybridized carbons (Fsp3) is 0.421. The molecule has 1 aromatic rings. The van der Waals surface area contributed by atoms with Crippen LogP contribution in [-0.4, -0.2) is 42.9 Å². The molecule has 0 spiro atoms. The molecular formula is C19H21ClN4O3. The van der Waals surface area contributed by atoms with E-state index in [0.717, 1.165) is 6.42 Å². The summed E-state index contributed by atoms with van der Waals surface area (Å²) in [4.78, 5) is 30.8. The van der Waals surface area contributed by atoms with Gasteiger partial charge in [-0.25, -0.2) is 0 Å². The third-order valence-corrected chi connectivity index (χ3v) is 5.89. The smallest absolute Gasteiger partial charge is 0.233 e. The van der Waals surface area contributed by atoms with E-state index in [2.05, 4.69) is 22.5 Å². The third kappa shape index (κ3) is 3.06. The summed E-state index contributed by atoms with van der Waals surface area (Å²) >= 11 is 6.08. The van der Waals surface area contributed by atoms with Crippen LogP contribution in [0.5, 0.6) is 5.75 Å². The molecule has 4 rings (SSSR count). The Morgan fingerprint density at radius 2 is 1.96 bits per heavy atom. The minimum atomic E-state index is -0.173. The van der Waals surface area contributed by atoms with Crippen LogP contribution in [0.2, 0.25) is 5.02 Å². The van der Waals surface area contributed by atoms with Gasteiger partial charge in [0.2, 0.25) is 11.8 Å². The number of carbonyl (C=O) groups excluding carboxylic acids is 2. The number of nitrogens with two attached hydrogens (primary N) is 1. The van der Waals surface area contributed by atoms with Crippen molar-refractivity contribution in [2.24, 2.45) is 34.4 Å². The van der Waals surface area contributed by atoms with Crippen molar-refractivity contribution < 1.29 is 14.3 Å². The lowest BCUT2D eigenvalue weighted by Crippen LogP contribution is -2.35. The van der Waals surface area contributed by atoms with E-state index in [0.29, 0.717) is 16.5 Å². The fourth-order valence-electron chi connectivity index (χ4n) is 4.39. The van der Waals surface area contributed by atoms with E-state index in [1.54, 1.807) is 25.3 Å². The summed E-state index contributed by atoms with van der Waals surface area (Å²) < 4.78 is 5.10. The second-order valence-electron chi connectivity index (χ2n) is 7.07. The number of rotatable bonds is 5. The second kappa shape index (κ2) is 6.88. The maximum atomic E-state index is 12.6. The highest BCUT2D eigenvalue weighted by atomic mass is 35.5. The Morgan fingerprint density at radius 1 is 1.30 bits per heavy atom. The molecule has 3 aliphatic rings. The molecule has 4 unspecified atom stereocenters. The Hall–Kier alpha value is -2.54. The zero-order valence-electron chi connectivity index (χ0n) is 14.9. The number of ether oxygens (including phenoxy) is 1. The molecule has 1 saturated carbocycles. The average molecular weight is 389 g/mol. The molecule has 7 nitrogen and oxygen atoms in total. The number of allylic oxidation sites excluding steroid dienone is 2. The van der Waals surface area contributed by atoms with Gasteiger partial charge in [-0.1, -0.05) is 23.8 Å². The number of nitrogens with zero attached hydrogens (tertiary/aromatic N) is 2. The van der Waals surface area contributed by atoms with Crippen molar-refractivity contribution in [3.8, 4) is 5.75 Å². The van der Waals surface area contributed by atoms with E-state index in [-0.39, 0.29) is 54.5 Å². The number of hydrogen-bond acceptors (Lipinski definition) is 4. The molecule has 8 heteroatoms. The molecule has 1 heterocycles. The molecule has 1 aliphatic heterocycles. The zero-order chi connectivity index (χ0) is 19.1. The number of imide groups is 1. The van der Waals surface area contributed by atoms with Gasteiger partial charge in [-0.05, 0) is 36.5 Å². The SMILES string of the molecule is COc1ccc(NC(N)=NCCN2C(=O)C3C4C=CC(C4)C3C2=O)cc1Cl. The Kier molecular flexibility index (Phi) is 4.55. The Labute approximate surface area is 162 Å². The zero-order valence-corrected chi connectivity index (χ0v) is 15.6. The highest BCUT2D eigenvalue weighted by Gasteiger charge is 2.58. The van der Waals surface area contributed by atoms with E-state index < -0.39 is 0 Å². The molecule has 0 aromatic heterocycles. The topological polar surface area (TPSA) is 97.0 Å². The fourth-order valence-corrected chi connectivity index (χ4v) is 4.64. The second-order valence-corrected chi connectivity index (χ2v) is 7.48. The van der Waals surface area contributed by atoms with Crippen LogP contribution in [0.25, 0.3) is 0 Å². The minimum Gasteiger partial charge on any atom is -0.495 e. The molecule has 0 radical (unpaired) electrons. The predicted octanol–water partition coefficient (Wildman–Crippen LogP) is 1.88. The number of aliphatic imine (C=N–C) groups is 1. The minimum absolute atomic E-state index is 0.0643. The van der Waals surface area contributed by atoms with E-state index in [9.17, 15) is 9.59 Å². The van der Waals surface area contributed by atoms with E-state index >= 15 is 0 Å². The number of methoxy groups -OCH3 is 1. The lowest BCUT2D eigenvalue weighted by molar-refractivity contribution is -0.140. The quantitative estimate of drug-likeness (QED) is 0.347. The number of carbonyl (C=O) groups is 2. The van der Waals surface area contributed by atoms with Crippen molar-refractivity contribution in [2.75, 3.05) is 25.5 Å². The first kappa shape index (κ1) is 17.9. The maximum absolute atomic E-state index is 12.6. The highest BCUT2D eigenvalue weighted by molar-refractivity contribution is 6.32. The number of hydrogen-bond donors (Lipinski definition) is 2. The molecule has 1 aromatic carbocycles. The molecule has 2 fully saturated rings. The number of fused-ring (bicyclic) bond motifs is 5. The average Bonchev–Trinajstić information content (AvgIpc) is 3.31. The Morgan fingerprint density at radius 3 is 2.56 bits per heavy atom. The number of benzene rings is 1. The standard InChI is InChI=1S/C19H21ClN4O3/c1-27-14-5-4-12(9-13(14)20)23-19(21)22-6-7-24-17(25)15-10-2-3-11(8-10)16(15)18(24)26/h2-5,9-11,15-16H,6-8H2,1H3,(H3,21,22,23). The maximum Gasteiger partial charge on any atom is 0.233 e. The molecule has 4 atom stereocenters. The van der Waals surface area contributed by atoms with Crippen LogP contribution in [0.3, 0.4) is 0 Å². The first-order chi connectivity index (χ1) is 13.0. The summed E-state index contributed by atoms with van der Waals surface area (Å²) in [5.74, 6) is 0.723. The number of nitrogens with one attached hydrogen (secondary N) is 1. The predicted molar refractivity (Wildman–Crippen MR) is 103 cm³/mol. The van der Waals surface area contributed by atoms with Crippen molar-refractivity contribution in [2.45, 2.75) is 6.42 Å². The molecule has 2 aliphatic carbocycles. The van der Waals surface area contributed by atoms with E-state index in [4.69, 9.17) is 22.1 Å². The van der Waals surface area contributed by atoms with Gasteiger partial charge in [0.15, 0.2) is 5.96 Å². The van der Waals surface area contributed by atoms with Crippen LogP contribution in [0.4, 0.5) is 5.69 Å². The van der Waals surface area contributed by atoms with Crippen molar-refractivity contribution in [3.63, 3.8) is 0 Å². The van der Waals surface area contributed by atoms with E-state index in [1.165, 1.54) is 4.90 Å². The first-order valence-electron chi connectivity index (χ1n) is 8.93. The summed E-state index contributed by atoms with van der Waals surface area (Å²) in [5, 5.41) is 3.39. The molecular weight excluding hydrogens is 368 g/mol. The van der Waals surface area contributed by atoms with Gasteiger partial charge in [-0.3, -0.25) is 19.5 Å². The highest BCUT2D eigenvalue weighted by Crippen LogP contribution is 2.52. The number of likely N-dealkylation sites (tertiary alicyclic amines) is 1. The van der Waals surface area contributed by atoms with Crippen molar-refractivity contribution in [1.29, 1.82) is 0 Å². The van der Waals surface area contributed by atoms with Crippen molar-refractivity contribution in [3.05, 3.63) is 35.4 Å². The summed E-state index contributed by atoms with van der Waals surface area (Å²) in [6, 6.07) is 5.17. The van der Waals surface area contributed by atoms with Gasteiger partial charge in [0.05, 0.1) is 30.5 Å². The Bertz CT molecular complexity index is 823.